The smallest absolute Gasteiger partial charge is 0.247 e. The van der Waals surface area contributed by atoms with Gasteiger partial charge in [-0.1, -0.05) is 37.3 Å². The average molecular weight is 365 g/mol. The Morgan fingerprint density at radius 2 is 2.00 bits per heavy atom. The summed E-state index contributed by atoms with van der Waals surface area (Å²) in [7, 11) is 1.67. The van der Waals surface area contributed by atoms with E-state index < -0.39 is 0 Å². The molecule has 142 valence electrons. The van der Waals surface area contributed by atoms with E-state index in [1.165, 1.54) is 5.56 Å². The number of carbonyl (C=O) groups excluding carboxylic acids is 1. The second-order valence-electron chi connectivity index (χ2n) is 6.87. The zero-order valence-electron chi connectivity index (χ0n) is 16.5. The lowest BCUT2D eigenvalue weighted by Gasteiger charge is -2.32. The number of anilines is 1. The first kappa shape index (κ1) is 19.1. The Labute approximate surface area is 160 Å². The molecule has 1 heterocycles. The molecule has 0 aliphatic carbocycles. The summed E-state index contributed by atoms with van der Waals surface area (Å²) in [6.45, 7) is 6.92. The molecule has 3 aromatic rings. The van der Waals surface area contributed by atoms with Gasteiger partial charge in [0.1, 0.15) is 6.54 Å². The summed E-state index contributed by atoms with van der Waals surface area (Å²) in [5.74, 6) is 0.0340. The Balaban J connectivity index is 2.00. The Kier molecular flexibility index (Phi) is 5.91. The van der Waals surface area contributed by atoms with Gasteiger partial charge in [-0.15, -0.1) is 0 Å². The number of rotatable bonds is 7. The zero-order chi connectivity index (χ0) is 19.4. The van der Waals surface area contributed by atoms with Gasteiger partial charge < -0.3 is 14.2 Å². The Morgan fingerprint density at radius 1 is 1.22 bits per heavy atom. The quantitative estimate of drug-likeness (QED) is 0.636. The predicted molar refractivity (Wildman–Crippen MR) is 109 cm³/mol. The van der Waals surface area contributed by atoms with Crippen molar-refractivity contribution in [2.45, 2.75) is 39.8 Å². The van der Waals surface area contributed by atoms with E-state index in [9.17, 15) is 4.79 Å². The molecule has 0 aliphatic heterocycles. The van der Waals surface area contributed by atoms with Crippen molar-refractivity contribution in [3.8, 4) is 0 Å². The first-order chi connectivity index (χ1) is 13.1. The molecule has 0 spiro atoms. The normalized spacial score (nSPS) is 12.3. The second kappa shape index (κ2) is 8.35. The Bertz CT molecular complexity index is 932. The van der Waals surface area contributed by atoms with Gasteiger partial charge in [-0.3, -0.25) is 4.79 Å². The molecule has 1 amide bonds. The maximum absolute atomic E-state index is 13.4. The number of carbonyl (C=O) groups is 1. The fourth-order valence-corrected chi connectivity index (χ4v) is 3.61. The third-order valence-electron chi connectivity index (χ3n) is 4.89. The van der Waals surface area contributed by atoms with Crippen LogP contribution >= 0.6 is 0 Å². The molecule has 0 fully saturated rings. The van der Waals surface area contributed by atoms with E-state index >= 15 is 0 Å². The molecule has 1 aromatic heterocycles. The van der Waals surface area contributed by atoms with E-state index in [4.69, 9.17) is 4.74 Å². The molecule has 0 saturated carbocycles. The number of benzene rings is 2. The van der Waals surface area contributed by atoms with Gasteiger partial charge in [-0.2, -0.15) is 0 Å². The third-order valence-corrected chi connectivity index (χ3v) is 4.89. The van der Waals surface area contributed by atoms with E-state index in [1.807, 2.05) is 46.7 Å². The van der Waals surface area contributed by atoms with Gasteiger partial charge in [0.05, 0.1) is 35.7 Å². The van der Waals surface area contributed by atoms with Crippen LogP contribution in [0.1, 0.15) is 25.0 Å². The number of aryl methyl sites for hydroxylation is 2. The largest absolute Gasteiger partial charge is 0.383 e. The molecular formula is C22H27N3O2. The number of nitrogens with zero attached hydrogens (tertiary/aromatic N) is 3. The van der Waals surface area contributed by atoms with Crippen LogP contribution in [0.25, 0.3) is 11.0 Å². The fraction of sp³-hybridized carbons (Fsp3) is 0.364. The minimum atomic E-state index is -0.0660. The van der Waals surface area contributed by atoms with Crippen LogP contribution in [0.5, 0.6) is 0 Å². The van der Waals surface area contributed by atoms with Gasteiger partial charge in [-0.05, 0) is 43.5 Å². The Morgan fingerprint density at radius 3 is 2.74 bits per heavy atom. The van der Waals surface area contributed by atoms with Crippen molar-refractivity contribution in [3.05, 3.63) is 59.9 Å². The minimum Gasteiger partial charge on any atom is -0.383 e. The lowest BCUT2D eigenvalue weighted by atomic mass is 10.0. The van der Waals surface area contributed by atoms with Crippen LogP contribution in [-0.4, -0.2) is 35.2 Å². The van der Waals surface area contributed by atoms with Crippen molar-refractivity contribution in [3.63, 3.8) is 0 Å². The second-order valence-corrected chi connectivity index (χ2v) is 6.87. The van der Waals surface area contributed by atoms with Crippen molar-refractivity contribution in [2.24, 2.45) is 0 Å². The molecule has 0 N–H and O–H groups in total. The number of imidazole rings is 1. The maximum atomic E-state index is 13.4. The summed E-state index contributed by atoms with van der Waals surface area (Å²) in [4.78, 5) is 19.7. The first-order valence-corrected chi connectivity index (χ1v) is 9.36. The molecule has 0 saturated heterocycles. The molecule has 1 atom stereocenters. The lowest BCUT2D eigenvalue weighted by molar-refractivity contribution is -0.119. The van der Waals surface area contributed by atoms with Crippen LogP contribution < -0.4 is 4.90 Å². The van der Waals surface area contributed by atoms with Crippen LogP contribution in [0.15, 0.2) is 48.8 Å². The number of methoxy groups -OCH3 is 1. The number of hydrogen-bond donors (Lipinski definition) is 0. The summed E-state index contributed by atoms with van der Waals surface area (Å²) >= 11 is 0. The highest BCUT2D eigenvalue weighted by molar-refractivity contribution is 5.96. The van der Waals surface area contributed by atoms with Crippen molar-refractivity contribution in [1.82, 2.24) is 9.55 Å². The Hall–Kier alpha value is -2.66. The zero-order valence-corrected chi connectivity index (χ0v) is 16.5. The fourth-order valence-electron chi connectivity index (χ4n) is 3.61. The van der Waals surface area contributed by atoms with E-state index in [0.29, 0.717) is 6.61 Å². The highest BCUT2D eigenvalue weighted by Gasteiger charge is 2.26. The molecule has 3 rings (SSSR count). The van der Waals surface area contributed by atoms with Crippen LogP contribution in [0.2, 0.25) is 0 Å². The molecule has 0 radical (unpaired) electrons. The number of ether oxygens (including phenoxy) is 1. The van der Waals surface area contributed by atoms with Gasteiger partial charge in [0, 0.05) is 7.11 Å². The van der Waals surface area contributed by atoms with Gasteiger partial charge in [-0.25, -0.2) is 4.98 Å². The third kappa shape index (κ3) is 3.88. The van der Waals surface area contributed by atoms with E-state index in [2.05, 4.69) is 31.0 Å². The molecule has 0 unspecified atom stereocenters. The van der Waals surface area contributed by atoms with Crippen LogP contribution in [0.3, 0.4) is 0 Å². The molecule has 5 heteroatoms. The highest BCUT2D eigenvalue weighted by Crippen LogP contribution is 2.28. The van der Waals surface area contributed by atoms with Gasteiger partial charge in [0.15, 0.2) is 0 Å². The monoisotopic (exact) mass is 365 g/mol. The van der Waals surface area contributed by atoms with Crippen LogP contribution in [0, 0.1) is 6.92 Å². The van der Waals surface area contributed by atoms with E-state index in [-0.39, 0.29) is 18.5 Å². The van der Waals surface area contributed by atoms with Crippen molar-refractivity contribution >= 4 is 22.6 Å². The molecule has 2 aromatic carbocycles. The number of hydrogen-bond acceptors (Lipinski definition) is 3. The summed E-state index contributed by atoms with van der Waals surface area (Å²) in [5.41, 5.74) is 5.12. The number of aromatic nitrogens is 2. The maximum Gasteiger partial charge on any atom is 0.247 e. The topological polar surface area (TPSA) is 47.4 Å². The van der Waals surface area contributed by atoms with Gasteiger partial charge in [0.2, 0.25) is 5.91 Å². The first-order valence-electron chi connectivity index (χ1n) is 9.36. The summed E-state index contributed by atoms with van der Waals surface area (Å²) in [5, 5.41) is 0. The standard InChI is InChI=1S/C22H27N3O2/c1-5-18-10-8-9-16(2)22(18)25(17(3)14-27-4)21(26)13-24-15-23-19-11-6-7-12-20(19)24/h6-12,15,17H,5,13-14H2,1-4H3/t17-/m0/s1. The molecule has 0 bridgehead atoms. The molecule has 5 nitrogen and oxygen atoms in total. The minimum absolute atomic E-state index is 0.0340. The van der Waals surface area contributed by atoms with E-state index in [0.717, 1.165) is 28.7 Å². The predicted octanol–water partition coefficient (Wildman–Crippen LogP) is 3.98. The van der Waals surface area contributed by atoms with Crippen molar-refractivity contribution < 1.29 is 9.53 Å². The van der Waals surface area contributed by atoms with Crippen LogP contribution in [-0.2, 0) is 22.5 Å². The summed E-state index contributed by atoms with van der Waals surface area (Å²) < 4.78 is 7.27. The highest BCUT2D eigenvalue weighted by atomic mass is 16.5. The number of fused-ring (bicyclic) bond motifs is 1. The summed E-state index contributed by atoms with van der Waals surface area (Å²) in [6.07, 6.45) is 2.61. The van der Waals surface area contributed by atoms with E-state index in [1.54, 1.807) is 13.4 Å². The van der Waals surface area contributed by atoms with Crippen LogP contribution in [0.4, 0.5) is 5.69 Å². The van der Waals surface area contributed by atoms with Gasteiger partial charge in [0.25, 0.3) is 0 Å². The lowest BCUT2D eigenvalue weighted by Crippen LogP contribution is -2.44. The SMILES string of the molecule is CCc1cccc(C)c1N(C(=O)Cn1cnc2ccccc21)[C@@H](C)COC. The average Bonchev–Trinajstić information content (AvgIpc) is 3.06. The summed E-state index contributed by atoms with van der Waals surface area (Å²) in [6, 6.07) is 14.0. The number of amides is 1. The molecular weight excluding hydrogens is 338 g/mol. The van der Waals surface area contributed by atoms with Crippen molar-refractivity contribution in [1.29, 1.82) is 0 Å². The number of para-hydroxylation sites is 3. The van der Waals surface area contributed by atoms with Crippen molar-refractivity contribution in [2.75, 3.05) is 18.6 Å². The molecule has 27 heavy (non-hydrogen) atoms. The van der Waals surface area contributed by atoms with Gasteiger partial charge >= 0.3 is 0 Å². The molecule has 0 aliphatic rings.